The van der Waals surface area contributed by atoms with Gasteiger partial charge < -0.3 is 14.8 Å². The van der Waals surface area contributed by atoms with Crippen molar-refractivity contribution in [1.82, 2.24) is 15.0 Å². The van der Waals surface area contributed by atoms with E-state index in [0.29, 0.717) is 23.6 Å². The second-order valence-electron chi connectivity index (χ2n) is 6.83. The molecular weight excluding hydrogens is 472 g/mol. The predicted molar refractivity (Wildman–Crippen MR) is 128 cm³/mol. The second-order valence-corrected chi connectivity index (χ2v) is 7.74. The molecule has 0 bridgehead atoms. The van der Waals surface area contributed by atoms with Crippen molar-refractivity contribution in [1.29, 1.82) is 0 Å². The van der Waals surface area contributed by atoms with E-state index in [1.54, 1.807) is 30.1 Å². The minimum atomic E-state index is -0.259. The van der Waals surface area contributed by atoms with E-state index in [1.165, 1.54) is 6.08 Å². The predicted octanol–water partition coefficient (Wildman–Crippen LogP) is 5.24. The number of aromatic nitrogens is 3. The first-order chi connectivity index (χ1) is 15.6. The number of amides is 1. The molecule has 1 aromatic heterocycles. The summed E-state index contributed by atoms with van der Waals surface area (Å²) in [6.07, 6.45) is 3.17. The van der Waals surface area contributed by atoms with E-state index in [2.05, 4.69) is 31.4 Å². The molecule has 0 aliphatic rings. The lowest BCUT2D eigenvalue weighted by atomic mass is 10.2. The molecule has 0 atom stereocenters. The molecule has 0 aliphatic carbocycles. The monoisotopic (exact) mass is 492 g/mol. The van der Waals surface area contributed by atoms with Crippen molar-refractivity contribution in [2.45, 2.75) is 6.92 Å². The molecule has 4 aromatic rings. The Kier molecular flexibility index (Phi) is 6.51. The number of carbonyl (C=O) groups is 1. The molecule has 0 aliphatic heterocycles. The molecule has 0 saturated heterocycles. The third-order valence-electron chi connectivity index (χ3n) is 4.63. The smallest absolute Gasteiger partial charge is 0.248 e. The van der Waals surface area contributed by atoms with Gasteiger partial charge in [0.15, 0.2) is 0 Å². The zero-order valence-electron chi connectivity index (χ0n) is 17.6. The van der Waals surface area contributed by atoms with Crippen LogP contribution in [0.15, 0.2) is 71.2 Å². The molecule has 4 rings (SSSR count). The van der Waals surface area contributed by atoms with Crippen LogP contribution in [0.1, 0.15) is 12.5 Å². The molecule has 162 valence electrons. The van der Waals surface area contributed by atoms with Crippen molar-refractivity contribution in [2.24, 2.45) is 0 Å². The van der Waals surface area contributed by atoms with E-state index in [4.69, 9.17) is 9.47 Å². The van der Waals surface area contributed by atoms with E-state index in [9.17, 15) is 4.79 Å². The fourth-order valence-corrected chi connectivity index (χ4v) is 3.51. The number of rotatable bonds is 7. The number of benzene rings is 3. The summed E-state index contributed by atoms with van der Waals surface area (Å²) in [5, 5.41) is 11.9. The van der Waals surface area contributed by atoms with Gasteiger partial charge in [-0.3, -0.25) is 4.79 Å². The molecule has 0 fully saturated rings. The molecular formula is C24H21BrN4O3. The normalized spacial score (nSPS) is 11.1. The lowest BCUT2D eigenvalue weighted by Crippen LogP contribution is -2.07. The van der Waals surface area contributed by atoms with Gasteiger partial charge in [-0.15, -0.1) is 10.2 Å². The van der Waals surface area contributed by atoms with Crippen LogP contribution in [0.4, 0.5) is 5.69 Å². The highest BCUT2D eigenvalue weighted by atomic mass is 79.9. The first kappa shape index (κ1) is 21.6. The second kappa shape index (κ2) is 9.65. The molecule has 1 N–H and O–H groups in total. The Bertz CT molecular complexity index is 1280. The number of anilines is 1. The van der Waals surface area contributed by atoms with Crippen LogP contribution in [0.3, 0.4) is 0 Å². The SMILES string of the molecule is CCOc1ccc(-n2nc3ccc(NC(=O)/C=C/c4cc(Br)ccc4OC)cc3n2)cc1. The minimum absolute atomic E-state index is 0.259. The summed E-state index contributed by atoms with van der Waals surface area (Å²) >= 11 is 3.43. The van der Waals surface area contributed by atoms with E-state index >= 15 is 0 Å². The van der Waals surface area contributed by atoms with Gasteiger partial charge in [-0.2, -0.15) is 4.80 Å². The first-order valence-corrected chi connectivity index (χ1v) is 10.8. The molecule has 0 saturated carbocycles. The van der Waals surface area contributed by atoms with Crippen molar-refractivity contribution >= 4 is 44.6 Å². The quantitative estimate of drug-likeness (QED) is 0.356. The maximum Gasteiger partial charge on any atom is 0.248 e. The van der Waals surface area contributed by atoms with Gasteiger partial charge in [0, 0.05) is 21.8 Å². The summed E-state index contributed by atoms with van der Waals surface area (Å²) < 4.78 is 11.7. The standard InChI is InChI=1S/C24H21BrN4O3/c1-3-32-20-9-7-19(8-10-20)29-27-21-11-6-18(15-22(21)28-29)26-24(30)13-4-16-14-17(25)5-12-23(16)31-2/h4-15H,3H2,1-2H3,(H,26,30)/b13-4+. The molecule has 0 radical (unpaired) electrons. The Labute approximate surface area is 193 Å². The molecule has 32 heavy (non-hydrogen) atoms. The molecule has 1 heterocycles. The number of nitrogens with zero attached hydrogens (tertiary/aromatic N) is 3. The summed E-state index contributed by atoms with van der Waals surface area (Å²) in [5.74, 6) is 1.22. The van der Waals surface area contributed by atoms with Crippen LogP contribution in [-0.4, -0.2) is 34.6 Å². The number of methoxy groups -OCH3 is 1. The average Bonchev–Trinajstić information content (AvgIpc) is 3.22. The van der Waals surface area contributed by atoms with Gasteiger partial charge in [0.05, 0.1) is 19.4 Å². The Morgan fingerprint density at radius 1 is 1.06 bits per heavy atom. The van der Waals surface area contributed by atoms with Crippen LogP contribution < -0.4 is 14.8 Å². The van der Waals surface area contributed by atoms with Crippen molar-refractivity contribution in [2.75, 3.05) is 19.0 Å². The van der Waals surface area contributed by atoms with Crippen LogP contribution in [0.25, 0.3) is 22.8 Å². The molecule has 1 amide bonds. The molecule has 7 nitrogen and oxygen atoms in total. The molecule has 0 spiro atoms. The number of hydrogen-bond donors (Lipinski definition) is 1. The zero-order chi connectivity index (χ0) is 22.5. The van der Waals surface area contributed by atoms with Gasteiger partial charge >= 0.3 is 0 Å². The Morgan fingerprint density at radius 3 is 2.59 bits per heavy atom. The van der Waals surface area contributed by atoms with Crippen molar-refractivity contribution in [3.05, 3.63) is 76.8 Å². The van der Waals surface area contributed by atoms with Gasteiger partial charge in [-0.25, -0.2) is 0 Å². The zero-order valence-corrected chi connectivity index (χ0v) is 19.2. The molecule has 0 unspecified atom stereocenters. The van der Waals surface area contributed by atoms with Crippen molar-refractivity contribution < 1.29 is 14.3 Å². The fraction of sp³-hybridized carbons (Fsp3) is 0.125. The number of ether oxygens (including phenoxy) is 2. The number of halogens is 1. The van der Waals surface area contributed by atoms with E-state index in [-0.39, 0.29) is 5.91 Å². The third kappa shape index (κ3) is 4.97. The Hall–Kier alpha value is -3.65. The van der Waals surface area contributed by atoms with Crippen LogP contribution in [0.2, 0.25) is 0 Å². The number of carbonyl (C=O) groups excluding carboxylic acids is 1. The van der Waals surface area contributed by atoms with Gasteiger partial charge in [0.1, 0.15) is 22.5 Å². The average molecular weight is 493 g/mol. The maximum atomic E-state index is 12.4. The molecule has 3 aromatic carbocycles. The number of hydrogen-bond acceptors (Lipinski definition) is 5. The maximum absolute atomic E-state index is 12.4. The van der Waals surface area contributed by atoms with Gasteiger partial charge in [-0.1, -0.05) is 15.9 Å². The van der Waals surface area contributed by atoms with E-state index < -0.39 is 0 Å². The fourth-order valence-electron chi connectivity index (χ4n) is 3.13. The van der Waals surface area contributed by atoms with Crippen molar-refractivity contribution in [3.63, 3.8) is 0 Å². The summed E-state index contributed by atoms with van der Waals surface area (Å²) in [4.78, 5) is 14.0. The highest BCUT2D eigenvalue weighted by Gasteiger charge is 2.08. The van der Waals surface area contributed by atoms with E-state index in [0.717, 1.165) is 27.0 Å². The summed E-state index contributed by atoms with van der Waals surface area (Å²) in [6, 6.07) is 18.6. The van der Waals surface area contributed by atoms with Crippen LogP contribution in [0.5, 0.6) is 11.5 Å². The van der Waals surface area contributed by atoms with Gasteiger partial charge in [0.2, 0.25) is 5.91 Å². The largest absolute Gasteiger partial charge is 0.496 e. The lowest BCUT2D eigenvalue weighted by molar-refractivity contribution is -0.111. The van der Waals surface area contributed by atoms with Crippen LogP contribution >= 0.6 is 15.9 Å². The summed E-state index contributed by atoms with van der Waals surface area (Å²) in [6.45, 7) is 2.56. The topological polar surface area (TPSA) is 78.3 Å². The summed E-state index contributed by atoms with van der Waals surface area (Å²) in [7, 11) is 1.59. The van der Waals surface area contributed by atoms with Gasteiger partial charge in [-0.05, 0) is 73.7 Å². The highest BCUT2D eigenvalue weighted by molar-refractivity contribution is 9.10. The minimum Gasteiger partial charge on any atom is -0.496 e. The highest BCUT2D eigenvalue weighted by Crippen LogP contribution is 2.24. The lowest BCUT2D eigenvalue weighted by Gasteiger charge is -2.05. The number of nitrogens with one attached hydrogen (secondary N) is 1. The first-order valence-electron chi connectivity index (χ1n) is 9.98. The summed E-state index contributed by atoms with van der Waals surface area (Å²) in [5.41, 5.74) is 3.65. The third-order valence-corrected chi connectivity index (χ3v) is 5.13. The number of fused-ring (bicyclic) bond motifs is 1. The Morgan fingerprint density at radius 2 is 1.84 bits per heavy atom. The Balaban J connectivity index is 1.49. The van der Waals surface area contributed by atoms with Crippen molar-refractivity contribution in [3.8, 4) is 17.2 Å². The van der Waals surface area contributed by atoms with E-state index in [1.807, 2.05) is 55.5 Å². The van der Waals surface area contributed by atoms with Crippen LogP contribution in [0, 0.1) is 0 Å². The molecule has 8 heteroatoms. The van der Waals surface area contributed by atoms with Crippen LogP contribution in [-0.2, 0) is 4.79 Å². The van der Waals surface area contributed by atoms with Gasteiger partial charge in [0.25, 0.3) is 0 Å².